The Hall–Kier alpha value is -0.0561. The molecule has 0 aromatic carbocycles. The van der Waals surface area contributed by atoms with E-state index in [-0.39, 0.29) is 38.6 Å². The second kappa shape index (κ2) is 4.75. The van der Waals surface area contributed by atoms with Crippen LogP contribution in [0.15, 0.2) is 17.8 Å². The molecule has 1 radical (unpaired) electrons. The first-order valence-corrected chi connectivity index (χ1v) is 3.23. The molecule has 0 saturated heterocycles. The van der Waals surface area contributed by atoms with Gasteiger partial charge in [0.1, 0.15) is 0 Å². The van der Waals surface area contributed by atoms with Crippen LogP contribution in [0.5, 0.6) is 0 Å². The molecule has 0 aliphatic carbocycles. The van der Waals surface area contributed by atoms with Gasteiger partial charge in [0, 0.05) is 32.7 Å². The van der Waals surface area contributed by atoms with E-state index in [2.05, 4.69) is 24.0 Å². The zero-order valence-electron chi connectivity index (χ0n) is 6.65. The predicted molar refractivity (Wildman–Crippen MR) is 41.6 cm³/mol. The van der Waals surface area contributed by atoms with Gasteiger partial charge in [-0.15, -0.1) is 23.6 Å². The maximum absolute atomic E-state index is 5.26. The van der Waals surface area contributed by atoms with Gasteiger partial charge >= 0.3 is 0 Å². The smallest absolute Gasteiger partial charge is 0 e. The molecule has 1 heterocycles. The van der Waals surface area contributed by atoms with Crippen LogP contribution >= 0.6 is 0 Å². The van der Waals surface area contributed by atoms with Gasteiger partial charge in [0.2, 0.25) is 0 Å². The molecule has 1 aliphatic rings. The molecule has 1 nitrogen and oxygen atoms in total. The third-order valence-corrected chi connectivity index (χ3v) is 1.57. The summed E-state index contributed by atoms with van der Waals surface area (Å²) in [5, 5.41) is 2.91. The number of nitrogens with one attached hydrogen (secondary N) is 1. The van der Waals surface area contributed by atoms with Crippen LogP contribution in [0.3, 0.4) is 0 Å². The normalized spacial score (nSPS) is 22.4. The molecule has 0 aromatic rings. The largest absolute Gasteiger partial charge is 0.527 e. The molecule has 1 aliphatic heterocycles. The van der Waals surface area contributed by atoms with Gasteiger partial charge in [0.15, 0.2) is 0 Å². The van der Waals surface area contributed by atoms with Gasteiger partial charge in [-0.2, -0.15) is 12.8 Å². The Bertz CT molecular complexity index is 222. The van der Waals surface area contributed by atoms with Gasteiger partial charge in [-0.25, -0.2) is 0 Å². The fraction of sp³-hybridized carbons (Fsp3) is 0.333. The summed E-state index contributed by atoms with van der Waals surface area (Å²) in [6.45, 7) is 5.78. The first-order chi connectivity index (χ1) is 4.74. The molecular formula is C9H10NY-. The van der Waals surface area contributed by atoms with Crippen LogP contribution < -0.4 is 5.32 Å². The number of hydrogen-bond donors (Lipinski definition) is 1. The zero-order chi connectivity index (χ0) is 7.56. The Kier molecular flexibility index (Phi) is 4.72. The molecule has 0 fully saturated rings. The monoisotopic (exact) mass is 221 g/mol. The molecule has 2 heteroatoms. The van der Waals surface area contributed by atoms with Crippen molar-refractivity contribution in [3.8, 4) is 12.3 Å². The van der Waals surface area contributed by atoms with Crippen molar-refractivity contribution < 1.29 is 32.7 Å². The van der Waals surface area contributed by atoms with Crippen molar-refractivity contribution in [2.75, 3.05) is 0 Å². The van der Waals surface area contributed by atoms with Gasteiger partial charge in [0.05, 0.1) is 0 Å². The molecule has 0 amide bonds. The summed E-state index contributed by atoms with van der Waals surface area (Å²) in [5.41, 5.74) is 2.04. The summed E-state index contributed by atoms with van der Waals surface area (Å²) in [7, 11) is 0. The molecule has 1 atom stereocenters. The average molecular weight is 221 g/mol. The molecule has 11 heavy (non-hydrogen) atoms. The molecule has 1 N–H and O–H groups in total. The summed E-state index contributed by atoms with van der Waals surface area (Å²) in [6.07, 6.45) is 9.12. The molecule has 0 bridgehead atoms. The molecule has 0 saturated carbocycles. The van der Waals surface area contributed by atoms with E-state index < -0.39 is 0 Å². The predicted octanol–water partition coefficient (Wildman–Crippen LogP) is 1.45. The second-order valence-corrected chi connectivity index (χ2v) is 2.48. The van der Waals surface area contributed by atoms with Crippen LogP contribution in [0.2, 0.25) is 0 Å². The van der Waals surface area contributed by atoms with Crippen LogP contribution in [-0.4, -0.2) is 0 Å². The van der Waals surface area contributed by atoms with Crippen LogP contribution in [0.1, 0.15) is 13.3 Å². The minimum atomic E-state index is 0. The van der Waals surface area contributed by atoms with Crippen LogP contribution in [-0.2, 0) is 32.7 Å². The fourth-order valence-corrected chi connectivity index (χ4v) is 0.914. The van der Waals surface area contributed by atoms with Gasteiger partial charge in [0.25, 0.3) is 0 Å². The summed E-state index contributed by atoms with van der Waals surface area (Å²) < 4.78 is 0. The Labute approximate surface area is 93.2 Å². The molecule has 1 unspecified atom stereocenters. The zero-order valence-corrected chi connectivity index (χ0v) is 9.48. The van der Waals surface area contributed by atoms with Crippen molar-refractivity contribution in [3.63, 3.8) is 0 Å². The van der Waals surface area contributed by atoms with E-state index in [1.165, 1.54) is 0 Å². The Morgan fingerprint density at radius 1 is 1.82 bits per heavy atom. The van der Waals surface area contributed by atoms with Crippen LogP contribution in [0, 0.1) is 24.5 Å². The number of terminal acetylenes is 1. The van der Waals surface area contributed by atoms with E-state index in [0.717, 1.165) is 17.7 Å². The van der Waals surface area contributed by atoms with E-state index in [1.54, 1.807) is 0 Å². The number of hydrogen-bond acceptors (Lipinski definition) is 1. The minimum Gasteiger partial charge on any atom is -0.527 e. The molecule has 55 valence electrons. The number of allylic oxidation sites excluding steroid dienone is 2. The third kappa shape index (κ3) is 2.81. The standard InChI is InChI=1S/C9H10N.Y/c1-4-9-5-7(2)6-10-8(9)3;/h1,9-10H,3,5H2,2H3;/q-1;. The SMILES string of the molecule is C#CC1CC(C)=[C-]NC1=C.[Y]. The Morgan fingerprint density at radius 2 is 2.45 bits per heavy atom. The van der Waals surface area contributed by atoms with Gasteiger partial charge in [-0.3, -0.25) is 0 Å². The third-order valence-electron chi connectivity index (χ3n) is 1.57. The van der Waals surface area contributed by atoms with Gasteiger partial charge < -0.3 is 5.32 Å². The second-order valence-electron chi connectivity index (χ2n) is 2.48. The van der Waals surface area contributed by atoms with Crippen molar-refractivity contribution in [3.05, 3.63) is 24.0 Å². The Balaban J connectivity index is 0.000001000. The first kappa shape index (κ1) is 10.9. The van der Waals surface area contributed by atoms with Crippen LogP contribution in [0.4, 0.5) is 0 Å². The summed E-state index contributed by atoms with van der Waals surface area (Å²) in [4.78, 5) is 0. The summed E-state index contributed by atoms with van der Waals surface area (Å²) >= 11 is 0. The maximum atomic E-state index is 5.26. The van der Waals surface area contributed by atoms with E-state index in [0.29, 0.717) is 0 Å². The van der Waals surface area contributed by atoms with Crippen molar-refractivity contribution >= 4 is 0 Å². The first-order valence-electron chi connectivity index (χ1n) is 3.23. The average Bonchev–Trinajstić information content (AvgIpc) is 1.94. The topological polar surface area (TPSA) is 12.0 Å². The maximum Gasteiger partial charge on any atom is 0 e. The van der Waals surface area contributed by atoms with Crippen molar-refractivity contribution in [2.45, 2.75) is 13.3 Å². The summed E-state index contributed by atoms with van der Waals surface area (Å²) in [6, 6.07) is 0. The van der Waals surface area contributed by atoms with Crippen molar-refractivity contribution in [1.29, 1.82) is 0 Å². The Morgan fingerprint density at radius 3 is 2.91 bits per heavy atom. The summed E-state index contributed by atoms with van der Waals surface area (Å²) in [5.74, 6) is 2.82. The van der Waals surface area contributed by atoms with E-state index in [4.69, 9.17) is 6.42 Å². The van der Waals surface area contributed by atoms with Crippen molar-refractivity contribution in [2.24, 2.45) is 5.92 Å². The van der Waals surface area contributed by atoms with Crippen LogP contribution in [0.25, 0.3) is 0 Å². The molecule has 0 aromatic heterocycles. The van der Waals surface area contributed by atoms with E-state index >= 15 is 0 Å². The number of rotatable bonds is 0. The molecule has 0 spiro atoms. The van der Waals surface area contributed by atoms with Gasteiger partial charge in [-0.1, -0.05) is 6.92 Å². The van der Waals surface area contributed by atoms with E-state index in [1.807, 2.05) is 6.92 Å². The fourth-order valence-electron chi connectivity index (χ4n) is 0.914. The van der Waals surface area contributed by atoms with E-state index in [9.17, 15) is 0 Å². The molecule has 1 rings (SSSR count). The van der Waals surface area contributed by atoms with Crippen molar-refractivity contribution in [1.82, 2.24) is 5.32 Å². The van der Waals surface area contributed by atoms with Gasteiger partial charge in [-0.05, 0) is 12.3 Å². The quantitative estimate of drug-likeness (QED) is 0.482. The molecular weight excluding hydrogens is 211 g/mol. The minimum absolute atomic E-state index is 0.